The van der Waals surface area contributed by atoms with Gasteiger partial charge in [0, 0.05) is 55.6 Å². The zero-order valence-corrected chi connectivity index (χ0v) is 10.8. The van der Waals surface area contributed by atoms with Crippen LogP contribution in [0.5, 0.6) is 0 Å². The van der Waals surface area contributed by atoms with Crippen LogP contribution in [-0.2, 0) is 4.74 Å². The number of morpholine rings is 1. The first-order valence-electron chi connectivity index (χ1n) is 5.55. The Kier molecular flexibility index (Phi) is 4.46. The molecule has 3 nitrogen and oxygen atoms in total. The lowest BCUT2D eigenvalue weighted by Crippen LogP contribution is -2.41. The van der Waals surface area contributed by atoms with Gasteiger partial charge in [-0.3, -0.25) is 4.90 Å². The van der Waals surface area contributed by atoms with E-state index in [0.29, 0.717) is 0 Å². The minimum atomic E-state index is 0.930. The summed E-state index contributed by atoms with van der Waals surface area (Å²) in [5, 5.41) is 0. The molecule has 0 aromatic rings. The molecule has 2 rings (SSSR count). The van der Waals surface area contributed by atoms with Crippen molar-refractivity contribution in [2.24, 2.45) is 5.92 Å². The summed E-state index contributed by atoms with van der Waals surface area (Å²) in [6, 6.07) is 0. The van der Waals surface area contributed by atoms with Gasteiger partial charge in [0.25, 0.3) is 0 Å². The first kappa shape index (κ1) is 11.1. The summed E-state index contributed by atoms with van der Waals surface area (Å²) in [7, 11) is 0. The number of halogens is 1. The fourth-order valence-electron chi connectivity index (χ4n) is 2.23. The Bertz CT molecular complexity index is 166. The largest absolute Gasteiger partial charge is 0.379 e. The third-order valence-corrected chi connectivity index (χ3v) is 4.14. The second-order valence-electron chi connectivity index (χ2n) is 4.27. The Hall–Kier alpha value is 0.610. The highest BCUT2D eigenvalue weighted by atomic mass is 127. The zero-order valence-electron chi connectivity index (χ0n) is 8.62. The predicted molar refractivity (Wildman–Crippen MR) is 65.6 cm³/mol. The van der Waals surface area contributed by atoms with Crippen LogP contribution < -0.4 is 0 Å². The van der Waals surface area contributed by atoms with Crippen LogP contribution in [0.25, 0.3) is 0 Å². The minimum absolute atomic E-state index is 0.930. The standard InChI is InChI=1S/C10H19IN2O/c11-13-3-1-10(2-4-13)9-12-5-7-14-8-6-12/h10H,1-9H2. The second-order valence-corrected chi connectivity index (χ2v) is 5.63. The highest BCUT2D eigenvalue weighted by Crippen LogP contribution is 2.20. The van der Waals surface area contributed by atoms with Crippen molar-refractivity contribution in [1.29, 1.82) is 0 Å². The van der Waals surface area contributed by atoms with Gasteiger partial charge in [0.05, 0.1) is 13.2 Å². The molecular formula is C10H19IN2O. The van der Waals surface area contributed by atoms with Crippen LogP contribution in [-0.4, -0.2) is 54.0 Å². The Morgan fingerprint density at radius 2 is 1.71 bits per heavy atom. The molecule has 0 aliphatic carbocycles. The van der Waals surface area contributed by atoms with Gasteiger partial charge in [0.15, 0.2) is 0 Å². The van der Waals surface area contributed by atoms with Crippen molar-refractivity contribution in [3.05, 3.63) is 0 Å². The number of hydrogen-bond donors (Lipinski definition) is 0. The maximum Gasteiger partial charge on any atom is 0.0594 e. The fourth-order valence-corrected chi connectivity index (χ4v) is 2.79. The fraction of sp³-hybridized carbons (Fsp3) is 1.00. The van der Waals surface area contributed by atoms with Crippen LogP contribution in [0, 0.1) is 5.92 Å². The summed E-state index contributed by atoms with van der Waals surface area (Å²) in [5.74, 6) is 0.930. The smallest absolute Gasteiger partial charge is 0.0594 e. The number of rotatable bonds is 2. The third kappa shape index (κ3) is 3.32. The lowest BCUT2D eigenvalue weighted by molar-refractivity contribution is 0.0273. The van der Waals surface area contributed by atoms with Crippen LogP contribution in [0.15, 0.2) is 0 Å². The van der Waals surface area contributed by atoms with Gasteiger partial charge in [-0.1, -0.05) is 0 Å². The molecule has 0 amide bonds. The van der Waals surface area contributed by atoms with Crippen molar-refractivity contribution in [2.75, 3.05) is 45.9 Å². The van der Waals surface area contributed by atoms with E-state index in [-0.39, 0.29) is 0 Å². The summed E-state index contributed by atoms with van der Waals surface area (Å²) in [5.41, 5.74) is 0. The van der Waals surface area contributed by atoms with E-state index in [2.05, 4.69) is 30.9 Å². The Morgan fingerprint density at radius 3 is 2.36 bits per heavy atom. The maximum absolute atomic E-state index is 5.35. The maximum atomic E-state index is 5.35. The molecule has 0 bridgehead atoms. The van der Waals surface area contributed by atoms with Gasteiger partial charge in [-0.25, -0.2) is 3.11 Å². The number of nitrogens with zero attached hydrogens (tertiary/aromatic N) is 2. The van der Waals surface area contributed by atoms with E-state index in [9.17, 15) is 0 Å². The number of ether oxygens (including phenoxy) is 1. The van der Waals surface area contributed by atoms with E-state index >= 15 is 0 Å². The summed E-state index contributed by atoms with van der Waals surface area (Å²) >= 11 is 2.44. The van der Waals surface area contributed by atoms with Crippen molar-refractivity contribution < 1.29 is 4.74 Å². The molecule has 2 saturated heterocycles. The topological polar surface area (TPSA) is 15.7 Å². The minimum Gasteiger partial charge on any atom is -0.379 e. The van der Waals surface area contributed by atoms with Crippen molar-refractivity contribution in [1.82, 2.24) is 8.01 Å². The monoisotopic (exact) mass is 310 g/mol. The summed E-state index contributed by atoms with van der Waals surface area (Å²) in [6.45, 7) is 8.00. The first-order chi connectivity index (χ1) is 6.84. The second kappa shape index (κ2) is 5.63. The molecule has 0 aromatic heterocycles. The number of piperidine rings is 1. The van der Waals surface area contributed by atoms with Crippen LogP contribution in [0.1, 0.15) is 12.8 Å². The molecule has 0 aromatic carbocycles. The van der Waals surface area contributed by atoms with Crippen LogP contribution in [0.3, 0.4) is 0 Å². The van der Waals surface area contributed by atoms with Crippen molar-refractivity contribution >= 4 is 22.9 Å². The molecule has 2 aliphatic heterocycles. The molecule has 0 spiro atoms. The molecule has 0 saturated carbocycles. The molecule has 2 aliphatic rings. The highest BCUT2D eigenvalue weighted by Gasteiger charge is 2.21. The van der Waals surface area contributed by atoms with E-state index in [1.54, 1.807) is 0 Å². The quantitative estimate of drug-likeness (QED) is 0.566. The lowest BCUT2D eigenvalue weighted by atomic mass is 9.97. The SMILES string of the molecule is IN1CCC(CN2CCOCC2)CC1. The molecule has 4 heteroatoms. The van der Waals surface area contributed by atoms with E-state index in [1.807, 2.05) is 0 Å². The van der Waals surface area contributed by atoms with Gasteiger partial charge in [0.1, 0.15) is 0 Å². The molecule has 82 valence electrons. The molecule has 2 heterocycles. The van der Waals surface area contributed by atoms with E-state index in [0.717, 1.165) is 32.2 Å². The normalized spacial score (nSPS) is 28.1. The molecular weight excluding hydrogens is 291 g/mol. The van der Waals surface area contributed by atoms with Crippen molar-refractivity contribution in [3.8, 4) is 0 Å². The summed E-state index contributed by atoms with van der Waals surface area (Å²) in [6.07, 6.45) is 2.75. The highest BCUT2D eigenvalue weighted by molar-refractivity contribution is 14.1. The molecule has 0 atom stereocenters. The molecule has 0 unspecified atom stereocenters. The van der Waals surface area contributed by atoms with E-state index in [4.69, 9.17) is 4.74 Å². The van der Waals surface area contributed by atoms with E-state index < -0.39 is 0 Å². The molecule has 0 N–H and O–H groups in total. The average Bonchev–Trinajstić information content (AvgIpc) is 2.23. The van der Waals surface area contributed by atoms with Gasteiger partial charge in [-0.2, -0.15) is 0 Å². The molecule has 14 heavy (non-hydrogen) atoms. The summed E-state index contributed by atoms with van der Waals surface area (Å²) in [4.78, 5) is 2.57. The van der Waals surface area contributed by atoms with Gasteiger partial charge in [0.2, 0.25) is 0 Å². The van der Waals surface area contributed by atoms with Gasteiger partial charge < -0.3 is 4.74 Å². The molecule has 0 radical (unpaired) electrons. The predicted octanol–water partition coefficient (Wildman–Crippen LogP) is 1.38. The van der Waals surface area contributed by atoms with Crippen LogP contribution in [0.4, 0.5) is 0 Å². The van der Waals surface area contributed by atoms with E-state index in [1.165, 1.54) is 32.5 Å². The molecule has 2 fully saturated rings. The number of hydrogen-bond acceptors (Lipinski definition) is 3. The Morgan fingerprint density at radius 1 is 1.07 bits per heavy atom. The van der Waals surface area contributed by atoms with Crippen molar-refractivity contribution in [2.45, 2.75) is 12.8 Å². The lowest BCUT2D eigenvalue weighted by Gasteiger charge is -2.33. The Labute approximate surface area is 100 Å². The average molecular weight is 310 g/mol. The van der Waals surface area contributed by atoms with Gasteiger partial charge in [-0.05, 0) is 18.8 Å². The van der Waals surface area contributed by atoms with Crippen molar-refractivity contribution in [3.63, 3.8) is 0 Å². The van der Waals surface area contributed by atoms with Crippen LogP contribution in [0.2, 0.25) is 0 Å². The Balaban J connectivity index is 1.68. The van der Waals surface area contributed by atoms with Gasteiger partial charge >= 0.3 is 0 Å². The van der Waals surface area contributed by atoms with Gasteiger partial charge in [-0.15, -0.1) is 0 Å². The first-order valence-corrected chi connectivity index (χ1v) is 6.52. The zero-order chi connectivity index (χ0) is 9.80. The van der Waals surface area contributed by atoms with Crippen LogP contribution >= 0.6 is 22.9 Å². The summed E-state index contributed by atoms with van der Waals surface area (Å²) < 4.78 is 7.77. The third-order valence-electron chi connectivity index (χ3n) is 3.18.